The summed E-state index contributed by atoms with van der Waals surface area (Å²) in [4.78, 5) is 13.5. The van der Waals surface area contributed by atoms with Crippen LogP contribution < -0.4 is 4.90 Å². The van der Waals surface area contributed by atoms with Gasteiger partial charge < -0.3 is 14.4 Å². The highest BCUT2D eigenvalue weighted by molar-refractivity contribution is 5.83. The van der Waals surface area contributed by atoms with Gasteiger partial charge in [-0.3, -0.25) is 0 Å². The molecule has 5 rings (SSSR count). The van der Waals surface area contributed by atoms with Crippen LogP contribution in [0.2, 0.25) is 0 Å². The Hall–Kier alpha value is -3.36. The molecule has 1 aliphatic heterocycles. The third-order valence-electron chi connectivity index (χ3n) is 6.07. The molecule has 1 aliphatic rings. The van der Waals surface area contributed by atoms with Crippen LogP contribution in [0.1, 0.15) is 37.3 Å². The molecule has 2 aromatic heterocycles. The molecule has 0 amide bonds. The number of halogens is 3. The van der Waals surface area contributed by atoms with Gasteiger partial charge in [-0.05, 0) is 69.0 Å². The van der Waals surface area contributed by atoms with E-state index in [2.05, 4.69) is 20.1 Å². The molecule has 32 heavy (non-hydrogen) atoms. The molecule has 4 aromatic rings. The van der Waals surface area contributed by atoms with Crippen molar-refractivity contribution in [3.8, 4) is 22.8 Å². The number of rotatable bonds is 3. The number of aryl methyl sites for hydroxylation is 1. The number of nitrogens with zero attached hydrogens (tertiary/aromatic N) is 4. The second-order valence-electron chi connectivity index (χ2n) is 8.28. The second kappa shape index (κ2) is 7.65. The van der Waals surface area contributed by atoms with Crippen LogP contribution in [-0.4, -0.2) is 32.7 Å². The molecule has 0 saturated carbocycles. The number of piperidine rings is 1. The number of hydrogen-bond acceptors (Lipinski definition) is 5. The van der Waals surface area contributed by atoms with E-state index in [0.29, 0.717) is 17.9 Å². The van der Waals surface area contributed by atoms with E-state index in [1.807, 2.05) is 30.9 Å². The standard InChI is InChI=1S/C23H22F3N5O/c1-13-9-16(11-18-20(13)28-12-27-18)21-29-22(32-30-21)15-6-7-19(17(10-15)23(24,25)26)31-8-4-3-5-14(31)2/h6-7,9-12,14H,3-5,8H2,1-2H3,(H,27,28). The van der Waals surface area contributed by atoms with Crippen molar-refractivity contribution in [1.82, 2.24) is 20.1 Å². The van der Waals surface area contributed by atoms with Gasteiger partial charge in [0.05, 0.1) is 22.9 Å². The maximum absolute atomic E-state index is 14.0. The van der Waals surface area contributed by atoms with Crippen LogP contribution in [0, 0.1) is 6.92 Å². The summed E-state index contributed by atoms with van der Waals surface area (Å²) in [6, 6.07) is 8.00. The third-order valence-corrected chi connectivity index (χ3v) is 6.07. The lowest BCUT2D eigenvalue weighted by atomic mass is 9.99. The topological polar surface area (TPSA) is 70.8 Å². The van der Waals surface area contributed by atoms with Crippen molar-refractivity contribution >= 4 is 16.7 Å². The van der Waals surface area contributed by atoms with E-state index in [-0.39, 0.29) is 23.2 Å². The van der Waals surface area contributed by atoms with Gasteiger partial charge in [0, 0.05) is 29.4 Å². The summed E-state index contributed by atoms with van der Waals surface area (Å²) in [6.45, 7) is 4.51. The van der Waals surface area contributed by atoms with Crippen LogP contribution in [0.5, 0.6) is 0 Å². The van der Waals surface area contributed by atoms with Crippen LogP contribution in [0.4, 0.5) is 18.9 Å². The zero-order chi connectivity index (χ0) is 22.5. The zero-order valence-corrected chi connectivity index (χ0v) is 17.7. The average Bonchev–Trinajstić information content (AvgIpc) is 3.43. The molecule has 0 radical (unpaired) electrons. The Morgan fingerprint density at radius 1 is 1.12 bits per heavy atom. The van der Waals surface area contributed by atoms with E-state index < -0.39 is 11.7 Å². The molecular weight excluding hydrogens is 419 g/mol. The first-order chi connectivity index (χ1) is 15.3. The van der Waals surface area contributed by atoms with Gasteiger partial charge in [0.1, 0.15) is 0 Å². The van der Waals surface area contributed by atoms with Gasteiger partial charge in [0.2, 0.25) is 5.82 Å². The van der Waals surface area contributed by atoms with Crippen molar-refractivity contribution in [2.24, 2.45) is 0 Å². The Morgan fingerprint density at radius 2 is 1.97 bits per heavy atom. The van der Waals surface area contributed by atoms with Gasteiger partial charge in [0.15, 0.2) is 0 Å². The van der Waals surface area contributed by atoms with Crippen LogP contribution in [0.15, 0.2) is 41.2 Å². The molecule has 2 aromatic carbocycles. The van der Waals surface area contributed by atoms with Crippen molar-refractivity contribution in [1.29, 1.82) is 0 Å². The maximum atomic E-state index is 14.0. The van der Waals surface area contributed by atoms with Gasteiger partial charge in [-0.25, -0.2) is 4.98 Å². The summed E-state index contributed by atoms with van der Waals surface area (Å²) in [5.74, 6) is 0.346. The minimum Gasteiger partial charge on any atom is -0.368 e. The van der Waals surface area contributed by atoms with E-state index in [4.69, 9.17) is 4.52 Å². The van der Waals surface area contributed by atoms with Gasteiger partial charge in [-0.15, -0.1) is 0 Å². The van der Waals surface area contributed by atoms with Gasteiger partial charge >= 0.3 is 6.18 Å². The number of hydrogen-bond donors (Lipinski definition) is 1. The number of benzene rings is 2. The molecule has 3 heterocycles. The van der Waals surface area contributed by atoms with Crippen molar-refractivity contribution in [2.75, 3.05) is 11.4 Å². The Kier molecular flexibility index (Phi) is 4.91. The van der Waals surface area contributed by atoms with Crippen LogP contribution in [0.3, 0.4) is 0 Å². The third kappa shape index (κ3) is 3.61. The van der Waals surface area contributed by atoms with Crippen molar-refractivity contribution in [3.63, 3.8) is 0 Å². The molecule has 1 N–H and O–H groups in total. The lowest BCUT2D eigenvalue weighted by molar-refractivity contribution is -0.137. The molecule has 0 aliphatic carbocycles. The smallest absolute Gasteiger partial charge is 0.368 e. The minimum absolute atomic E-state index is 0.0449. The van der Waals surface area contributed by atoms with Crippen molar-refractivity contribution in [2.45, 2.75) is 45.3 Å². The normalized spacial score (nSPS) is 17.3. The molecule has 0 spiro atoms. The summed E-state index contributed by atoms with van der Waals surface area (Å²) in [7, 11) is 0. The van der Waals surface area contributed by atoms with Crippen molar-refractivity contribution in [3.05, 3.63) is 47.8 Å². The molecule has 166 valence electrons. The Labute approximate surface area is 182 Å². The molecule has 1 atom stereocenters. The minimum atomic E-state index is -4.49. The number of aromatic nitrogens is 4. The van der Waals surface area contributed by atoms with E-state index in [0.717, 1.165) is 41.9 Å². The number of fused-ring (bicyclic) bond motifs is 1. The van der Waals surface area contributed by atoms with Crippen molar-refractivity contribution < 1.29 is 17.7 Å². The Balaban J connectivity index is 1.53. The second-order valence-corrected chi connectivity index (χ2v) is 8.28. The molecule has 1 fully saturated rings. The summed E-state index contributed by atoms with van der Waals surface area (Å²) in [5.41, 5.74) is 3.07. The lowest BCUT2D eigenvalue weighted by Crippen LogP contribution is -2.38. The predicted octanol–water partition coefficient (Wildman–Crippen LogP) is 5.99. The highest BCUT2D eigenvalue weighted by Gasteiger charge is 2.37. The van der Waals surface area contributed by atoms with E-state index in [9.17, 15) is 13.2 Å². The summed E-state index contributed by atoms with van der Waals surface area (Å²) >= 11 is 0. The van der Waals surface area contributed by atoms with Crippen LogP contribution in [0.25, 0.3) is 33.9 Å². The molecule has 1 saturated heterocycles. The first-order valence-electron chi connectivity index (χ1n) is 10.6. The fourth-order valence-electron chi connectivity index (χ4n) is 4.41. The SMILES string of the molecule is Cc1cc(-c2noc(-c3ccc(N4CCCCC4C)c(C(F)(F)F)c3)n2)cc2nc[nH]c12. The van der Waals surface area contributed by atoms with Gasteiger partial charge in [-0.2, -0.15) is 18.2 Å². The summed E-state index contributed by atoms with van der Waals surface area (Å²) in [6.07, 6.45) is -0.0899. The molecule has 0 bridgehead atoms. The number of anilines is 1. The predicted molar refractivity (Wildman–Crippen MR) is 115 cm³/mol. The fraction of sp³-hybridized carbons (Fsp3) is 0.348. The Bertz CT molecular complexity index is 1280. The zero-order valence-electron chi connectivity index (χ0n) is 17.7. The monoisotopic (exact) mass is 441 g/mol. The van der Waals surface area contributed by atoms with E-state index >= 15 is 0 Å². The first kappa shape index (κ1) is 20.5. The number of imidazole rings is 1. The first-order valence-corrected chi connectivity index (χ1v) is 10.6. The maximum Gasteiger partial charge on any atom is 0.418 e. The lowest BCUT2D eigenvalue weighted by Gasteiger charge is -2.37. The number of nitrogens with one attached hydrogen (secondary N) is 1. The quantitative estimate of drug-likeness (QED) is 0.423. The fourth-order valence-corrected chi connectivity index (χ4v) is 4.41. The number of alkyl halides is 3. The van der Waals surface area contributed by atoms with Gasteiger partial charge in [-0.1, -0.05) is 5.16 Å². The van der Waals surface area contributed by atoms with E-state index in [1.165, 1.54) is 6.07 Å². The van der Waals surface area contributed by atoms with Gasteiger partial charge in [0.25, 0.3) is 5.89 Å². The summed E-state index contributed by atoms with van der Waals surface area (Å²) < 4.78 is 47.2. The molecule has 1 unspecified atom stereocenters. The Morgan fingerprint density at radius 3 is 2.75 bits per heavy atom. The largest absolute Gasteiger partial charge is 0.418 e. The van der Waals surface area contributed by atoms with Crippen LogP contribution >= 0.6 is 0 Å². The highest BCUT2D eigenvalue weighted by Crippen LogP contribution is 2.41. The average molecular weight is 441 g/mol. The molecule has 9 heteroatoms. The number of aromatic amines is 1. The van der Waals surface area contributed by atoms with Crippen LogP contribution in [-0.2, 0) is 6.18 Å². The van der Waals surface area contributed by atoms with E-state index in [1.54, 1.807) is 12.4 Å². The number of H-pyrrole nitrogens is 1. The molecule has 6 nitrogen and oxygen atoms in total. The highest BCUT2D eigenvalue weighted by atomic mass is 19.4. The molecular formula is C23H22F3N5O. The summed E-state index contributed by atoms with van der Waals surface area (Å²) in [5, 5.41) is 4.00.